The minimum absolute atomic E-state index is 0.0423. The van der Waals surface area contributed by atoms with Gasteiger partial charge in [0, 0.05) is 6.20 Å². The lowest BCUT2D eigenvalue weighted by molar-refractivity contribution is 0.0826. The summed E-state index contributed by atoms with van der Waals surface area (Å²) in [6, 6.07) is 21.1. The van der Waals surface area contributed by atoms with Crippen molar-refractivity contribution in [2.24, 2.45) is 0 Å². The van der Waals surface area contributed by atoms with Crippen LogP contribution >= 0.6 is 0 Å². The highest BCUT2D eigenvalue weighted by atomic mass is 16.5. The lowest BCUT2D eigenvalue weighted by Crippen LogP contribution is -2.41. The number of hydrazine groups is 1. The average molecular weight is 432 g/mol. The van der Waals surface area contributed by atoms with Crippen LogP contribution in [-0.4, -0.2) is 28.7 Å². The quantitative estimate of drug-likeness (QED) is 0.435. The van der Waals surface area contributed by atoms with Crippen LogP contribution in [0.5, 0.6) is 11.5 Å². The maximum atomic E-state index is 12.3. The Balaban J connectivity index is 1.30. The van der Waals surface area contributed by atoms with E-state index in [1.165, 1.54) is 12.1 Å². The first-order valence-electron chi connectivity index (χ1n) is 9.70. The van der Waals surface area contributed by atoms with Crippen molar-refractivity contribution in [2.75, 3.05) is 7.11 Å². The number of nitrogens with zero attached hydrogens (tertiary/aromatic N) is 2. The maximum Gasteiger partial charge on any atom is 0.305 e. The number of para-hydroxylation sites is 1. The molecule has 2 aromatic carbocycles. The molecule has 2 heterocycles. The molecule has 2 N–H and O–H groups in total. The SMILES string of the molecule is COc1ccc(-n2ccc(C(=O)NNC(=O)c3ccc(COc4ccccc4)o3)n2)cc1. The van der Waals surface area contributed by atoms with Gasteiger partial charge in [-0.15, -0.1) is 0 Å². The molecule has 0 aliphatic rings. The van der Waals surface area contributed by atoms with Gasteiger partial charge in [-0.2, -0.15) is 5.10 Å². The predicted octanol–water partition coefficient (Wildman–Crippen LogP) is 3.13. The molecular formula is C23H20N4O5. The van der Waals surface area contributed by atoms with E-state index >= 15 is 0 Å². The highest BCUT2D eigenvalue weighted by Gasteiger charge is 2.15. The van der Waals surface area contributed by atoms with Crippen molar-refractivity contribution in [2.45, 2.75) is 6.61 Å². The predicted molar refractivity (Wildman–Crippen MR) is 115 cm³/mol. The summed E-state index contributed by atoms with van der Waals surface area (Å²) in [5, 5.41) is 4.22. The van der Waals surface area contributed by atoms with Gasteiger partial charge in [0.25, 0.3) is 5.91 Å². The molecule has 0 aliphatic heterocycles. The van der Waals surface area contributed by atoms with E-state index in [4.69, 9.17) is 13.9 Å². The molecule has 2 aromatic heterocycles. The van der Waals surface area contributed by atoms with Crippen LogP contribution in [-0.2, 0) is 6.61 Å². The van der Waals surface area contributed by atoms with Crippen LogP contribution in [0.25, 0.3) is 5.69 Å². The van der Waals surface area contributed by atoms with Crippen molar-refractivity contribution >= 4 is 11.8 Å². The van der Waals surface area contributed by atoms with E-state index in [1.807, 2.05) is 42.5 Å². The number of aromatic nitrogens is 2. The van der Waals surface area contributed by atoms with Crippen LogP contribution in [0, 0.1) is 0 Å². The third-order valence-corrected chi connectivity index (χ3v) is 4.46. The van der Waals surface area contributed by atoms with E-state index in [9.17, 15) is 9.59 Å². The Bertz CT molecular complexity index is 1200. The smallest absolute Gasteiger partial charge is 0.305 e. The Hall–Kier alpha value is -4.53. The van der Waals surface area contributed by atoms with Crippen molar-refractivity contribution in [3.05, 3.63) is 96.2 Å². The largest absolute Gasteiger partial charge is 0.497 e. The van der Waals surface area contributed by atoms with Crippen LogP contribution in [0.15, 0.2) is 83.4 Å². The van der Waals surface area contributed by atoms with Crippen molar-refractivity contribution in [3.8, 4) is 17.2 Å². The van der Waals surface area contributed by atoms with Crippen LogP contribution < -0.4 is 20.3 Å². The fraction of sp³-hybridized carbons (Fsp3) is 0.0870. The Labute approximate surface area is 183 Å². The van der Waals surface area contributed by atoms with Crippen LogP contribution in [0.2, 0.25) is 0 Å². The van der Waals surface area contributed by atoms with Gasteiger partial charge >= 0.3 is 5.91 Å². The lowest BCUT2D eigenvalue weighted by Gasteiger charge is -2.05. The maximum absolute atomic E-state index is 12.3. The summed E-state index contributed by atoms with van der Waals surface area (Å²) >= 11 is 0. The Morgan fingerprint density at radius 1 is 0.906 bits per heavy atom. The zero-order valence-electron chi connectivity index (χ0n) is 17.1. The summed E-state index contributed by atoms with van der Waals surface area (Å²) in [6.45, 7) is 0.173. The molecule has 162 valence electrons. The molecule has 0 bridgehead atoms. The number of carbonyl (C=O) groups excluding carboxylic acids is 2. The summed E-state index contributed by atoms with van der Waals surface area (Å²) in [6.07, 6.45) is 1.64. The number of methoxy groups -OCH3 is 1. The van der Waals surface area contributed by atoms with E-state index in [0.717, 1.165) is 5.69 Å². The number of ether oxygens (including phenoxy) is 2. The molecule has 0 atom stereocenters. The summed E-state index contributed by atoms with van der Waals surface area (Å²) in [5.74, 6) is 0.763. The Kier molecular flexibility index (Phi) is 6.17. The third kappa shape index (κ3) is 4.96. The molecule has 9 heteroatoms. The normalized spacial score (nSPS) is 10.4. The van der Waals surface area contributed by atoms with Gasteiger partial charge in [-0.25, -0.2) is 4.68 Å². The first kappa shape index (κ1) is 20.7. The van der Waals surface area contributed by atoms with Gasteiger partial charge in [-0.1, -0.05) is 18.2 Å². The fourth-order valence-corrected chi connectivity index (χ4v) is 2.81. The molecule has 4 aromatic rings. The number of nitrogens with one attached hydrogen (secondary N) is 2. The van der Waals surface area contributed by atoms with Gasteiger partial charge in [-0.05, 0) is 54.6 Å². The van der Waals surface area contributed by atoms with E-state index in [1.54, 1.807) is 36.2 Å². The zero-order valence-corrected chi connectivity index (χ0v) is 17.1. The minimum atomic E-state index is -0.598. The highest BCUT2D eigenvalue weighted by molar-refractivity contribution is 5.96. The van der Waals surface area contributed by atoms with E-state index in [0.29, 0.717) is 17.3 Å². The number of carbonyl (C=O) groups is 2. The number of amides is 2. The summed E-state index contributed by atoms with van der Waals surface area (Å²) in [7, 11) is 1.59. The van der Waals surface area contributed by atoms with Crippen LogP contribution in [0.1, 0.15) is 26.8 Å². The molecule has 9 nitrogen and oxygen atoms in total. The number of hydrogen-bond donors (Lipinski definition) is 2. The van der Waals surface area contributed by atoms with Gasteiger partial charge in [-0.3, -0.25) is 20.4 Å². The number of rotatable bonds is 7. The molecule has 2 amide bonds. The number of benzene rings is 2. The van der Waals surface area contributed by atoms with Crippen molar-refractivity contribution in [3.63, 3.8) is 0 Å². The van der Waals surface area contributed by atoms with Crippen molar-refractivity contribution in [1.29, 1.82) is 0 Å². The van der Waals surface area contributed by atoms with Gasteiger partial charge in [0.05, 0.1) is 12.8 Å². The minimum Gasteiger partial charge on any atom is -0.497 e. The molecule has 0 aliphatic carbocycles. The zero-order chi connectivity index (χ0) is 22.3. The summed E-state index contributed by atoms with van der Waals surface area (Å²) in [5.41, 5.74) is 5.53. The van der Waals surface area contributed by atoms with Gasteiger partial charge in [0.2, 0.25) is 0 Å². The lowest BCUT2D eigenvalue weighted by atomic mass is 10.3. The van der Waals surface area contributed by atoms with E-state index in [-0.39, 0.29) is 18.1 Å². The monoisotopic (exact) mass is 432 g/mol. The second-order valence-corrected chi connectivity index (χ2v) is 6.62. The van der Waals surface area contributed by atoms with Gasteiger partial charge < -0.3 is 13.9 Å². The molecule has 0 saturated heterocycles. The first-order chi connectivity index (χ1) is 15.6. The molecular weight excluding hydrogens is 412 g/mol. The van der Waals surface area contributed by atoms with Crippen molar-refractivity contribution < 1.29 is 23.5 Å². The Morgan fingerprint density at radius 3 is 2.41 bits per heavy atom. The van der Waals surface area contributed by atoms with E-state index < -0.39 is 11.8 Å². The summed E-state index contributed by atoms with van der Waals surface area (Å²) < 4.78 is 17.7. The number of hydrogen-bond acceptors (Lipinski definition) is 6. The first-order valence-corrected chi connectivity index (χ1v) is 9.70. The number of furan rings is 1. The average Bonchev–Trinajstić information content (AvgIpc) is 3.52. The molecule has 0 fully saturated rings. The second kappa shape index (κ2) is 9.52. The molecule has 32 heavy (non-hydrogen) atoms. The molecule has 4 rings (SSSR count). The van der Waals surface area contributed by atoms with Gasteiger partial charge in [0.1, 0.15) is 23.9 Å². The van der Waals surface area contributed by atoms with Crippen LogP contribution in [0.3, 0.4) is 0 Å². The molecule has 0 unspecified atom stereocenters. The standard InChI is InChI=1S/C23H20N4O5/c1-30-17-9-7-16(8-10-17)27-14-13-20(26-27)22(28)24-25-23(29)21-12-11-19(32-21)15-31-18-5-3-2-4-6-18/h2-14H,15H2,1H3,(H,24,28)(H,25,29). The van der Waals surface area contributed by atoms with Crippen LogP contribution in [0.4, 0.5) is 0 Å². The van der Waals surface area contributed by atoms with Crippen molar-refractivity contribution in [1.82, 2.24) is 20.6 Å². The topological polar surface area (TPSA) is 108 Å². The molecule has 0 radical (unpaired) electrons. The second-order valence-electron chi connectivity index (χ2n) is 6.62. The highest BCUT2D eigenvalue weighted by Crippen LogP contribution is 2.15. The Morgan fingerprint density at radius 2 is 1.66 bits per heavy atom. The fourth-order valence-electron chi connectivity index (χ4n) is 2.81. The third-order valence-electron chi connectivity index (χ3n) is 4.46. The summed E-state index contributed by atoms with van der Waals surface area (Å²) in [4.78, 5) is 24.6. The molecule has 0 saturated carbocycles. The molecule has 0 spiro atoms. The van der Waals surface area contributed by atoms with E-state index in [2.05, 4.69) is 16.0 Å². The van der Waals surface area contributed by atoms with Gasteiger partial charge in [0.15, 0.2) is 11.5 Å².